The molecule has 0 fully saturated rings. The first-order valence-electron chi connectivity index (χ1n) is 10.5. The zero-order chi connectivity index (χ0) is 22.8. The molecule has 3 aromatic carbocycles. The van der Waals surface area contributed by atoms with Gasteiger partial charge >= 0.3 is 0 Å². The van der Waals surface area contributed by atoms with Crippen molar-refractivity contribution < 1.29 is 4.79 Å². The maximum Gasteiger partial charge on any atom is 0.263 e. The Morgan fingerprint density at radius 1 is 1.06 bits per heavy atom. The summed E-state index contributed by atoms with van der Waals surface area (Å²) in [5, 5.41) is 19.1. The highest BCUT2D eigenvalue weighted by molar-refractivity contribution is 6.33. The molecule has 9 heteroatoms. The van der Waals surface area contributed by atoms with Crippen molar-refractivity contribution in [3.63, 3.8) is 0 Å². The number of benzene rings is 3. The van der Waals surface area contributed by atoms with E-state index in [2.05, 4.69) is 61.7 Å². The lowest BCUT2D eigenvalue weighted by molar-refractivity contribution is -0.122. The van der Waals surface area contributed by atoms with Gasteiger partial charge in [0.1, 0.15) is 6.54 Å². The van der Waals surface area contributed by atoms with E-state index in [0.29, 0.717) is 16.4 Å². The van der Waals surface area contributed by atoms with Crippen molar-refractivity contribution in [2.45, 2.75) is 20.0 Å². The van der Waals surface area contributed by atoms with Crippen molar-refractivity contribution in [2.75, 3.05) is 0 Å². The zero-order valence-electron chi connectivity index (χ0n) is 17.8. The topological polar surface area (TPSA) is 90.0 Å². The molecule has 0 aliphatic heterocycles. The Balaban J connectivity index is 1.28. The minimum absolute atomic E-state index is 0.113. The van der Waals surface area contributed by atoms with Crippen LogP contribution in [0.4, 0.5) is 0 Å². The Labute approximate surface area is 194 Å². The number of fused-ring (bicyclic) bond motifs is 3. The van der Waals surface area contributed by atoms with Gasteiger partial charge in [-0.25, -0.2) is 5.43 Å². The number of aromatic nitrogens is 5. The summed E-state index contributed by atoms with van der Waals surface area (Å²) in [4.78, 5) is 13.5. The van der Waals surface area contributed by atoms with E-state index in [1.807, 2.05) is 30.3 Å². The van der Waals surface area contributed by atoms with Gasteiger partial charge < -0.3 is 4.57 Å². The summed E-state index contributed by atoms with van der Waals surface area (Å²) in [6, 6.07) is 21.7. The van der Waals surface area contributed by atoms with Gasteiger partial charge in [0, 0.05) is 33.9 Å². The van der Waals surface area contributed by atoms with Crippen LogP contribution in [0.5, 0.6) is 0 Å². The van der Waals surface area contributed by atoms with E-state index < -0.39 is 0 Å². The number of tetrazole rings is 1. The number of hydrogen-bond donors (Lipinski definition) is 1. The predicted octanol–water partition coefficient (Wildman–Crippen LogP) is 4.27. The Kier molecular flexibility index (Phi) is 5.58. The summed E-state index contributed by atoms with van der Waals surface area (Å²) in [6.07, 6.45) is 1.62. The number of amides is 1. The number of rotatable bonds is 6. The first kappa shape index (κ1) is 20.8. The van der Waals surface area contributed by atoms with Gasteiger partial charge in [-0.15, -0.1) is 10.2 Å². The van der Waals surface area contributed by atoms with E-state index in [4.69, 9.17) is 11.6 Å². The molecule has 0 saturated carbocycles. The van der Waals surface area contributed by atoms with Gasteiger partial charge in [-0.05, 0) is 42.0 Å². The minimum Gasteiger partial charge on any atom is -0.341 e. The molecule has 0 aliphatic carbocycles. The van der Waals surface area contributed by atoms with Crippen LogP contribution < -0.4 is 5.43 Å². The van der Waals surface area contributed by atoms with E-state index in [0.717, 1.165) is 17.6 Å². The molecule has 2 heterocycles. The first-order chi connectivity index (χ1) is 16.1. The normalized spacial score (nSPS) is 11.6. The molecule has 0 bridgehead atoms. The average Bonchev–Trinajstić information content (AvgIpc) is 3.41. The van der Waals surface area contributed by atoms with Crippen LogP contribution in [0.25, 0.3) is 33.2 Å². The van der Waals surface area contributed by atoms with Gasteiger partial charge in [0.2, 0.25) is 5.82 Å². The third-order valence-electron chi connectivity index (χ3n) is 5.37. The van der Waals surface area contributed by atoms with Crippen LogP contribution in [0, 0.1) is 0 Å². The number of nitrogens with zero attached hydrogens (tertiary/aromatic N) is 6. The lowest BCUT2D eigenvalue weighted by Gasteiger charge is -2.03. The number of carbonyl (C=O) groups is 1. The molecule has 2 aromatic heterocycles. The molecule has 164 valence electrons. The second kappa shape index (κ2) is 8.84. The summed E-state index contributed by atoms with van der Waals surface area (Å²) < 4.78 is 2.27. The third kappa shape index (κ3) is 4.08. The molecule has 0 saturated heterocycles. The number of halogens is 1. The van der Waals surface area contributed by atoms with Crippen molar-refractivity contribution in [3.05, 3.63) is 77.3 Å². The van der Waals surface area contributed by atoms with Crippen molar-refractivity contribution in [3.8, 4) is 11.4 Å². The summed E-state index contributed by atoms with van der Waals surface area (Å²) in [6.45, 7) is 2.88. The monoisotopic (exact) mass is 457 g/mol. The van der Waals surface area contributed by atoms with Gasteiger partial charge in [-0.3, -0.25) is 4.79 Å². The fourth-order valence-electron chi connectivity index (χ4n) is 3.89. The van der Waals surface area contributed by atoms with Crippen molar-refractivity contribution in [1.82, 2.24) is 30.2 Å². The molecule has 0 aliphatic rings. The van der Waals surface area contributed by atoms with Gasteiger partial charge in [0.15, 0.2) is 0 Å². The number of hydrazone groups is 1. The molecule has 0 unspecified atom stereocenters. The smallest absolute Gasteiger partial charge is 0.263 e. The number of nitrogens with one attached hydrogen (secondary N) is 1. The van der Waals surface area contributed by atoms with Crippen molar-refractivity contribution in [2.24, 2.45) is 5.10 Å². The Morgan fingerprint density at radius 2 is 1.85 bits per heavy atom. The van der Waals surface area contributed by atoms with E-state index in [9.17, 15) is 4.79 Å². The van der Waals surface area contributed by atoms with Crippen LogP contribution in [0.15, 0.2) is 71.8 Å². The second-order valence-corrected chi connectivity index (χ2v) is 7.86. The van der Waals surface area contributed by atoms with Crippen LogP contribution in [0.3, 0.4) is 0 Å². The molecule has 1 N–H and O–H groups in total. The first-order valence-corrected chi connectivity index (χ1v) is 10.9. The zero-order valence-corrected chi connectivity index (χ0v) is 18.6. The lowest BCUT2D eigenvalue weighted by Crippen LogP contribution is -2.24. The van der Waals surface area contributed by atoms with Gasteiger partial charge in [-0.1, -0.05) is 54.1 Å². The lowest BCUT2D eigenvalue weighted by atomic mass is 10.1. The Bertz CT molecular complexity index is 1500. The SMILES string of the molecule is CCn1c2ccccc2c2ccc(/C=N\NC(=O)Cn3nnc(-c4ccccc4Cl)n3)cc21. The molecular formula is C24H20ClN7O. The number of carbonyl (C=O) groups excluding carboxylic acids is 1. The van der Waals surface area contributed by atoms with Crippen molar-refractivity contribution in [1.29, 1.82) is 0 Å². The maximum atomic E-state index is 12.3. The molecular weight excluding hydrogens is 438 g/mol. The van der Waals surface area contributed by atoms with Gasteiger partial charge in [-0.2, -0.15) is 9.90 Å². The fourth-order valence-corrected chi connectivity index (χ4v) is 4.11. The molecule has 0 radical (unpaired) electrons. The quantitative estimate of drug-likeness (QED) is 0.304. The van der Waals surface area contributed by atoms with Crippen molar-refractivity contribution >= 4 is 45.5 Å². The molecule has 1 amide bonds. The summed E-state index contributed by atoms with van der Waals surface area (Å²) in [5.41, 5.74) is 6.39. The molecule has 5 aromatic rings. The highest BCUT2D eigenvalue weighted by Gasteiger charge is 2.12. The molecule has 33 heavy (non-hydrogen) atoms. The second-order valence-electron chi connectivity index (χ2n) is 7.45. The summed E-state index contributed by atoms with van der Waals surface area (Å²) in [7, 11) is 0. The van der Waals surface area contributed by atoms with Gasteiger partial charge in [0.05, 0.1) is 11.2 Å². The standard InChI is InChI=1S/C24H20ClN7O/c1-2-31-21-10-6-4-7-17(21)18-12-11-16(13-22(18)31)14-26-27-23(33)15-32-29-24(28-30-32)19-8-3-5-9-20(19)25/h3-14H,2,15H2,1H3,(H,27,33)/b26-14-. The number of aryl methyl sites for hydroxylation is 1. The van der Waals surface area contributed by atoms with Crippen LogP contribution in [0.2, 0.25) is 5.02 Å². The van der Waals surface area contributed by atoms with Crippen LogP contribution >= 0.6 is 11.6 Å². The number of hydrogen-bond acceptors (Lipinski definition) is 5. The molecule has 0 atom stereocenters. The van der Waals surface area contributed by atoms with Crippen LogP contribution in [0.1, 0.15) is 12.5 Å². The maximum absolute atomic E-state index is 12.3. The van der Waals surface area contributed by atoms with Crippen LogP contribution in [-0.4, -0.2) is 36.9 Å². The molecule has 8 nitrogen and oxygen atoms in total. The Morgan fingerprint density at radius 3 is 2.70 bits per heavy atom. The number of para-hydroxylation sites is 1. The largest absolute Gasteiger partial charge is 0.341 e. The van der Waals surface area contributed by atoms with Gasteiger partial charge in [0.25, 0.3) is 5.91 Å². The molecule has 0 spiro atoms. The summed E-state index contributed by atoms with van der Waals surface area (Å²) in [5.74, 6) is -0.00498. The van der Waals surface area contributed by atoms with E-state index >= 15 is 0 Å². The third-order valence-corrected chi connectivity index (χ3v) is 5.70. The molecule has 5 rings (SSSR count). The van der Waals surface area contributed by atoms with E-state index in [1.165, 1.54) is 21.1 Å². The van der Waals surface area contributed by atoms with E-state index in [-0.39, 0.29) is 12.5 Å². The highest BCUT2D eigenvalue weighted by atomic mass is 35.5. The highest BCUT2D eigenvalue weighted by Crippen LogP contribution is 2.29. The minimum atomic E-state index is -0.363. The van der Waals surface area contributed by atoms with E-state index in [1.54, 1.807) is 18.3 Å². The average molecular weight is 458 g/mol. The Hall–Kier alpha value is -4.04. The van der Waals surface area contributed by atoms with Crippen LogP contribution in [-0.2, 0) is 17.9 Å². The predicted molar refractivity (Wildman–Crippen MR) is 129 cm³/mol. The fraction of sp³-hybridized carbons (Fsp3) is 0.125. The summed E-state index contributed by atoms with van der Waals surface area (Å²) >= 11 is 6.16.